The molecule has 0 aliphatic heterocycles. The van der Waals surface area contributed by atoms with Gasteiger partial charge in [-0.1, -0.05) is 0 Å². The number of rotatable bonds is 4. The Morgan fingerprint density at radius 2 is 2.00 bits per heavy atom. The fourth-order valence-corrected chi connectivity index (χ4v) is 1.84. The Morgan fingerprint density at radius 1 is 1.44 bits per heavy atom. The number of hydrogen-bond acceptors (Lipinski definition) is 3. The summed E-state index contributed by atoms with van der Waals surface area (Å²) in [5.74, 6) is 0.713. The number of ether oxygens (including phenoxy) is 1. The van der Waals surface area contributed by atoms with Gasteiger partial charge in [-0.3, -0.25) is 4.79 Å². The van der Waals surface area contributed by atoms with Crippen molar-refractivity contribution in [2.45, 2.75) is 33.7 Å². The molecule has 1 rings (SSSR count). The number of benzene rings is 1. The van der Waals surface area contributed by atoms with Crippen LogP contribution in [0, 0.1) is 25.2 Å². The molecule has 1 unspecified atom stereocenters. The van der Waals surface area contributed by atoms with Gasteiger partial charge in [-0.2, -0.15) is 5.26 Å². The number of nitriles is 1. The normalized spacial score (nSPS) is 11.5. The smallest absolute Gasteiger partial charge is 0.217 e. The molecular weight excluding hydrogens is 228 g/mol. The van der Waals surface area contributed by atoms with E-state index < -0.39 is 0 Å². The summed E-state index contributed by atoms with van der Waals surface area (Å²) in [6.45, 7) is 7.59. The average Bonchev–Trinajstić information content (AvgIpc) is 2.26. The molecule has 1 aromatic carbocycles. The molecule has 0 aliphatic carbocycles. The van der Waals surface area contributed by atoms with E-state index in [-0.39, 0.29) is 11.9 Å². The Morgan fingerprint density at radius 3 is 2.44 bits per heavy atom. The Bertz CT molecular complexity index is 466. The van der Waals surface area contributed by atoms with Gasteiger partial charge in [-0.05, 0) is 44.0 Å². The molecule has 96 valence electrons. The number of aryl methyl sites for hydroxylation is 2. The number of nitrogens with one attached hydrogen (secondary N) is 1. The summed E-state index contributed by atoms with van der Waals surface area (Å²) in [6.07, 6.45) is 0. The third-order valence-electron chi connectivity index (χ3n) is 2.52. The monoisotopic (exact) mass is 246 g/mol. The summed E-state index contributed by atoms with van der Waals surface area (Å²) in [6, 6.07) is 5.66. The van der Waals surface area contributed by atoms with E-state index in [1.807, 2.05) is 20.8 Å². The standard InChI is InChI=1S/C14H18N2O2/c1-9-5-13(7-15)6-10(2)14(9)18-8-11(3)16-12(4)17/h5-6,11H,8H2,1-4H3,(H,16,17). The minimum absolute atomic E-state index is 0.0445. The van der Waals surface area contributed by atoms with Crippen molar-refractivity contribution in [1.82, 2.24) is 5.32 Å². The highest BCUT2D eigenvalue weighted by Gasteiger charge is 2.09. The topological polar surface area (TPSA) is 62.1 Å². The van der Waals surface area contributed by atoms with Crippen molar-refractivity contribution in [2.75, 3.05) is 6.61 Å². The highest BCUT2D eigenvalue weighted by atomic mass is 16.5. The Balaban J connectivity index is 2.74. The van der Waals surface area contributed by atoms with Gasteiger partial charge in [0.05, 0.1) is 17.7 Å². The van der Waals surface area contributed by atoms with Gasteiger partial charge in [0, 0.05) is 6.92 Å². The lowest BCUT2D eigenvalue weighted by Crippen LogP contribution is -2.35. The quantitative estimate of drug-likeness (QED) is 0.884. The third kappa shape index (κ3) is 3.77. The molecule has 0 radical (unpaired) electrons. The van der Waals surface area contributed by atoms with Crippen molar-refractivity contribution in [2.24, 2.45) is 0 Å². The van der Waals surface area contributed by atoms with Crippen LogP contribution < -0.4 is 10.1 Å². The van der Waals surface area contributed by atoms with E-state index in [4.69, 9.17) is 10.00 Å². The molecule has 1 atom stereocenters. The van der Waals surface area contributed by atoms with Crippen LogP contribution in [0.3, 0.4) is 0 Å². The van der Waals surface area contributed by atoms with Crippen LogP contribution in [0.4, 0.5) is 0 Å². The molecule has 18 heavy (non-hydrogen) atoms. The Kier molecular flexibility index (Phi) is 4.73. The molecular formula is C14H18N2O2. The zero-order valence-corrected chi connectivity index (χ0v) is 11.2. The summed E-state index contributed by atoms with van der Waals surface area (Å²) in [4.78, 5) is 10.9. The van der Waals surface area contributed by atoms with Crippen LogP contribution in [-0.2, 0) is 4.79 Å². The summed E-state index contributed by atoms with van der Waals surface area (Å²) in [7, 11) is 0. The van der Waals surface area contributed by atoms with Crippen LogP contribution >= 0.6 is 0 Å². The van der Waals surface area contributed by atoms with Gasteiger partial charge in [0.1, 0.15) is 12.4 Å². The number of carbonyl (C=O) groups is 1. The first-order chi connectivity index (χ1) is 8.43. The van der Waals surface area contributed by atoms with Crippen LogP contribution in [0.1, 0.15) is 30.5 Å². The number of amides is 1. The maximum Gasteiger partial charge on any atom is 0.217 e. The maximum absolute atomic E-state index is 10.9. The van der Waals surface area contributed by atoms with Crippen LogP contribution in [0.2, 0.25) is 0 Å². The van der Waals surface area contributed by atoms with E-state index in [1.54, 1.807) is 12.1 Å². The van der Waals surface area contributed by atoms with Crippen LogP contribution in [-0.4, -0.2) is 18.6 Å². The molecule has 4 heteroatoms. The van der Waals surface area contributed by atoms with Crippen molar-refractivity contribution in [3.8, 4) is 11.8 Å². The van der Waals surface area contributed by atoms with Crippen molar-refractivity contribution >= 4 is 5.91 Å². The van der Waals surface area contributed by atoms with Crippen LogP contribution in [0.5, 0.6) is 5.75 Å². The second kappa shape index (κ2) is 6.06. The van der Waals surface area contributed by atoms with E-state index in [0.29, 0.717) is 12.2 Å². The lowest BCUT2D eigenvalue weighted by Gasteiger charge is -2.17. The molecule has 4 nitrogen and oxygen atoms in total. The fourth-order valence-electron chi connectivity index (χ4n) is 1.84. The van der Waals surface area contributed by atoms with Crippen LogP contribution in [0.15, 0.2) is 12.1 Å². The second-order valence-electron chi connectivity index (χ2n) is 4.46. The van der Waals surface area contributed by atoms with E-state index in [9.17, 15) is 4.79 Å². The predicted molar refractivity (Wildman–Crippen MR) is 69.4 cm³/mol. The summed E-state index contributed by atoms with van der Waals surface area (Å²) >= 11 is 0. The third-order valence-corrected chi connectivity index (χ3v) is 2.52. The molecule has 1 N–H and O–H groups in total. The first-order valence-electron chi connectivity index (χ1n) is 5.85. The van der Waals surface area contributed by atoms with Gasteiger partial charge in [-0.15, -0.1) is 0 Å². The van der Waals surface area contributed by atoms with E-state index in [2.05, 4.69) is 11.4 Å². The van der Waals surface area contributed by atoms with Gasteiger partial charge in [0.2, 0.25) is 5.91 Å². The lowest BCUT2D eigenvalue weighted by molar-refractivity contribution is -0.119. The molecule has 0 heterocycles. The summed E-state index contributed by atoms with van der Waals surface area (Å²) in [5.41, 5.74) is 2.50. The molecule has 0 saturated heterocycles. The van der Waals surface area contributed by atoms with Crippen molar-refractivity contribution in [3.05, 3.63) is 28.8 Å². The molecule has 0 spiro atoms. The zero-order valence-electron chi connectivity index (χ0n) is 11.2. The Hall–Kier alpha value is -2.02. The molecule has 0 aromatic heterocycles. The zero-order chi connectivity index (χ0) is 13.7. The second-order valence-corrected chi connectivity index (χ2v) is 4.46. The van der Waals surface area contributed by atoms with Gasteiger partial charge >= 0.3 is 0 Å². The van der Waals surface area contributed by atoms with Crippen molar-refractivity contribution in [1.29, 1.82) is 5.26 Å². The first kappa shape index (κ1) is 14.0. The molecule has 0 fully saturated rings. The van der Waals surface area contributed by atoms with Crippen molar-refractivity contribution < 1.29 is 9.53 Å². The first-order valence-corrected chi connectivity index (χ1v) is 5.85. The molecule has 1 aromatic rings. The van der Waals surface area contributed by atoms with Gasteiger partial charge in [0.15, 0.2) is 0 Å². The van der Waals surface area contributed by atoms with Gasteiger partial charge in [-0.25, -0.2) is 0 Å². The highest BCUT2D eigenvalue weighted by molar-refractivity contribution is 5.73. The minimum atomic E-state index is -0.0700. The van der Waals surface area contributed by atoms with Gasteiger partial charge < -0.3 is 10.1 Å². The maximum atomic E-state index is 10.9. The molecule has 0 aliphatic rings. The Labute approximate surface area is 108 Å². The molecule has 0 saturated carbocycles. The molecule has 1 amide bonds. The van der Waals surface area contributed by atoms with E-state index >= 15 is 0 Å². The number of carbonyl (C=O) groups excluding carboxylic acids is 1. The molecule has 0 bridgehead atoms. The summed E-state index contributed by atoms with van der Waals surface area (Å²) < 4.78 is 5.71. The van der Waals surface area contributed by atoms with Gasteiger partial charge in [0.25, 0.3) is 0 Å². The number of hydrogen-bond donors (Lipinski definition) is 1. The SMILES string of the molecule is CC(=O)NC(C)COc1c(C)cc(C#N)cc1C. The summed E-state index contributed by atoms with van der Waals surface area (Å²) in [5, 5.41) is 11.6. The fraction of sp³-hybridized carbons (Fsp3) is 0.429. The van der Waals surface area contributed by atoms with E-state index in [1.165, 1.54) is 6.92 Å². The largest absolute Gasteiger partial charge is 0.491 e. The van der Waals surface area contributed by atoms with Crippen molar-refractivity contribution in [3.63, 3.8) is 0 Å². The lowest BCUT2D eigenvalue weighted by atomic mass is 10.1. The van der Waals surface area contributed by atoms with Crippen LogP contribution in [0.25, 0.3) is 0 Å². The minimum Gasteiger partial charge on any atom is -0.491 e. The number of nitrogens with zero attached hydrogens (tertiary/aromatic N) is 1. The predicted octanol–water partition coefficient (Wildman–Crippen LogP) is 2.08. The highest BCUT2D eigenvalue weighted by Crippen LogP contribution is 2.24. The average molecular weight is 246 g/mol. The van der Waals surface area contributed by atoms with E-state index in [0.717, 1.165) is 16.9 Å².